The third-order valence-electron chi connectivity index (χ3n) is 1.85. The normalized spacial score (nSPS) is 11.9. The average Bonchev–Trinajstić information content (AvgIpc) is 2.17. The zero-order valence-electron chi connectivity index (χ0n) is 7.55. The van der Waals surface area contributed by atoms with Crippen LogP contribution in [0.15, 0.2) is 23.1 Å². The zero-order chi connectivity index (χ0) is 11.9. The van der Waals surface area contributed by atoms with Crippen molar-refractivity contribution in [1.29, 1.82) is 0 Å². The molecule has 0 fully saturated rings. The summed E-state index contributed by atoms with van der Waals surface area (Å²) in [5.41, 5.74) is 0.631. The highest BCUT2D eigenvalue weighted by Gasteiger charge is 2.12. The molecular formula is C8H4Cl2N2O3S. The first-order valence-corrected chi connectivity index (χ1v) is 6.18. The van der Waals surface area contributed by atoms with Gasteiger partial charge in [-0.1, -0.05) is 23.2 Å². The smallest absolute Gasteiger partial charge is 0.282 e. The molecule has 5 nitrogen and oxygen atoms in total. The molecule has 0 radical (unpaired) electrons. The standard InChI is InChI=1S/C8H4Cl2N2O3S/c9-7-8(10)12-6-3-4(16(13,14)15)1-2-5(6)11-7/h1-3H,(H,13,14,15). The molecule has 1 aromatic carbocycles. The first-order valence-electron chi connectivity index (χ1n) is 3.98. The van der Waals surface area contributed by atoms with E-state index in [1.165, 1.54) is 18.2 Å². The molecule has 2 rings (SSSR count). The lowest BCUT2D eigenvalue weighted by Gasteiger charge is -2.01. The second-order valence-electron chi connectivity index (χ2n) is 2.93. The van der Waals surface area contributed by atoms with Crippen LogP contribution in [0, 0.1) is 0 Å². The van der Waals surface area contributed by atoms with Crippen LogP contribution in [0.4, 0.5) is 0 Å². The van der Waals surface area contributed by atoms with Crippen molar-refractivity contribution in [3.8, 4) is 0 Å². The van der Waals surface area contributed by atoms with Crippen molar-refractivity contribution in [3.63, 3.8) is 0 Å². The van der Waals surface area contributed by atoms with Crippen molar-refractivity contribution in [3.05, 3.63) is 28.5 Å². The van der Waals surface area contributed by atoms with Crippen molar-refractivity contribution in [2.24, 2.45) is 0 Å². The molecule has 0 saturated heterocycles. The van der Waals surface area contributed by atoms with E-state index < -0.39 is 10.1 Å². The molecule has 84 valence electrons. The van der Waals surface area contributed by atoms with Gasteiger partial charge in [-0.25, -0.2) is 9.97 Å². The Morgan fingerprint density at radius 1 is 1.06 bits per heavy atom. The Labute approximate surface area is 101 Å². The Bertz CT molecular complexity index is 672. The van der Waals surface area contributed by atoms with Gasteiger partial charge in [0.25, 0.3) is 10.1 Å². The van der Waals surface area contributed by atoms with Crippen molar-refractivity contribution in [2.45, 2.75) is 4.90 Å². The Balaban J connectivity index is 2.77. The van der Waals surface area contributed by atoms with Crippen LogP contribution in [0.25, 0.3) is 11.0 Å². The SMILES string of the molecule is O=S(=O)(O)c1ccc2nc(Cl)c(Cl)nc2c1. The number of aromatic nitrogens is 2. The van der Waals surface area contributed by atoms with E-state index in [2.05, 4.69) is 9.97 Å². The maximum absolute atomic E-state index is 10.9. The molecule has 0 amide bonds. The lowest BCUT2D eigenvalue weighted by molar-refractivity contribution is 0.483. The first-order chi connectivity index (χ1) is 7.38. The summed E-state index contributed by atoms with van der Waals surface area (Å²) >= 11 is 11.3. The zero-order valence-corrected chi connectivity index (χ0v) is 9.88. The highest BCUT2D eigenvalue weighted by atomic mass is 35.5. The second kappa shape index (κ2) is 3.81. The molecule has 0 atom stereocenters. The van der Waals surface area contributed by atoms with E-state index in [-0.39, 0.29) is 20.7 Å². The van der Waals surface area contributed by atoms with E-state index in [1.807, 2.05) is 0 Å². The number of hydrogen-bond donors (Lipinski definition) is 1. The van der Waals surface area contributed by atoms with Gasteiger partial charge in [-0.05, 0) is 18.2 Å². The fourth-order valence-corrected chi connectivity index (χ4v) is 1.92. The predicted octanol–water partition coefficient (Wildman–Crippen LogP) is 2.18. The van der Waals surface area contributed by atoms with Gasteiger partial charge < -0.3 is 0 Å². The van der Waals surface area contributed by atoms with E-state index in [0.29, 0.717) is 5.52 Å². The highest BCUT2D eigenvalue weighted by molar-refractivity contribution is 7.85. The second-order valence-corrected chi connectivity index (χ2v) is 5.07. The van der Waals surface area contributed by atoms with Crippen molar-refractivity contribution in [1.82, 2.24) is 9.97 Å². The summed E-state index contributed by atoms with van der Waals surface area (Å²) in [6, 6.07) is 3.75. The summed E-state index contributed by atoms with van der Waals surface area (Å²) in [5.74, 6) is 0. The van der Waals surface area contributed by atoms with Crippen LogP contribution in [-0.4, -0.2) is 22.9 Å². The van der Waals surface area contributed by atoms with E-state index in [1.54, 1.807) is 0 Å². The Morgan fingerprint density at radius 3 is 2.19 bits per heavy atom. The fraction of sp³-hybridized carbons (Fsp3) is 0. The Morgan fingerprint density at radius 2 is 1.62 bits per heavy atom. The van der Waals surface area contributed by atoms with Crippen LogP contribution < -0.4 is 0 Å². The van der Waals surface area contributed by atoms with Gasteiger partial charge in [0.15, 0.2) is 10.3 Å². The summed E-state index contributed by atoms with van der Waals surface area (Å²) in [5, 5.41) is 0.00965. The van der Waals surface area contributed by atoms with Gasteiger partial charge in [0.2, 0.25) is 0 Å². The molecule has 1 aromatic heterocycles. The average molecular weight is 279 g/mol. The van der Waals surface area contributed by atoms with Crippen LogP contribution >= 0.6 is 23.2 Å². The van der Waals surface area contributed by atoms with Gasteiger partial charge in [-0.2, -0.15) is 8.42 Å². The summed E-state index contributed by atoms with van der Waals surface area (Å²) in [6.07, 6.45) is 0. The molecule has 1 N–H and O–H groups in total. The van der Waals surface area contributed by atoms with E-state index in [4.69, 9.17) is 27.8 Å². The lowest BCUT2D eigenvalue weighted by Crippen LogP contribution is -1.98. The molecule has 0 spiro atoms. The number of rotatable bonds is 1. The molecule has 2 aromatic rings. The van der Waals surface area contributed by atoms with Crippen molar-refractivity contribution >= 4 is 44.4 Å². The van der Waals surface area contributed by atoms with E-state index in [0.717, 1.165) is 0 Å². The molecular weight excluding hydrogens is 275 g/mol. The minimum Gasteiger partial charge on any atom is -0.282 e. The van der Waals surface area contributed by atoms with Gasteiger partial charge in [0.05, 0.1) is 15.9 Å². The van der Waals surface area contributed by atoms with Crippen LogP contribution in [0.3, 0.4) is 0 Å². The molecule has 1 heterocycles. The summed E-state index contributed by atoms with van der Waals surface area (Å²) in [6.45, 7) is 0. The number of benzene rings is 1. The summed E-state index contributed by atoms with van der Waals surface area (Å²) in [4.78, 5) is 7.47. The maximum atomic E-state index is 10.9. The number of fused-ring (bicyclic) bond motifs is 1. The van der Waals surface area contributed by atoms with Gasteiger partial charge in [-0.15, -0.1) is 0 Å². The quantitative estimate of drug-likeness (QED) is 0.809. The largest absolute Gasteiger partial charge is 0.294 e. The number of hydrogen-bond acceptors (Lipinski definition) is 4. The fourth-order valence-electron chi connectivity index (χ4n) is 1.15. The summed E-state index contributed by atoms with van der Waals surface area (Å²) < 4.78 is 30.6. The van der Waals surface area contributed by atoms with Gasteiger partial charge in [0, 0.05) is 0 Å². The van der Waals surface area contributed by atoms with E-state index in [9.17, 15) is 8.42 Å². The van der Waals surface area contributed by atoms with Crippen LogP contribution in [0.1, 0.15) is 0 Å². The highest BCUT2D eigenvalue weighted by Crippen LogP contribution is 2.22. The van der Waals surface area contributed by atoms with Crippen LogP contribution in [0.5, 0.6) is 0 Å². The monoisotopic (exact) mass is 278 g/mol. The molecule has 0 bridgehead atoms. The van der Waals surface area contributed by atoms with Gasteiger partial charge in [0.1, 0.15) is 0 Å². The van der Waals surface area contributed by atoms with Crippen molar-refractivity contribution < 1.29 is 13.0 Å². The molecule has 0 aliphatic rings. The molecule has 0 unspecified atom stereocenters. The molecule has 0 aliphatic heterocycles. The number of nitrogens with zero attached hydrogens (tertiary/aromatic N) is 2. The lowest BCUT2D eigenvalue weighted by atomic mass is 10.3. The van der Waals surface area contributed by atoms with Crippen molar-refractivity contribution in [2.75, 3.05) is 0 Å². The minimum atomic E-state index is -4.26. The first kappa shape index (κ1) is 11.5. The topological polar surface area (TPSA) is 80.2 Å². The molecule has 0 aliphatic carbocycles. The third-order valence-corrected chi connectivity index (χ3v) is 3.33. The Kier molecular flexibility index (Phi) is 2.75. The number of halogens is 2. The minimum absolute atomic E-state index is 0.0262. The third kappa shape index (κ3) is 2.10. The van der Waals surface area contributed by atoms with Crippen LogP contribution in [0.2, 0.25) is 10.3 Å². The maximum Gasteiger partial charge on any atom is 0.294 e. The molecule has 8 heteroatoms. The van der Waals surface area contributed by atoms with Gasteiger partial charge in [-0.3, -0.25) is 4.55 Å². The van der Waals surface area contributed by atoms with Gasteiger partial charge >= 0.3 is 0 Å². The molecule has 0 saturated carbocycles. The summed E-state index contributed by atoms with van der Waals surface area (Å²) in [7, 11) is -4.26. The van der Waals surface area contributed by atoms with Crippen LogP contribution in [-0.2, 0) is 10.1 Å². The molecule has 16 heavy (non-hydrogen) atoms. The van der Waals surface area contributed by atoms with E-state index >= 15 is 0 Å². The predicted molar refractivity (Wildman–Crippen MR) is 59.4 cm³/mol. The Hall–Kier alpha value is -0.950.